The third-order valence-electron chi connectivity index (χ3n) is 3.82. The molecule has 1 saturated carbocycles. The van der Waals surface area contributed by atoms with Crippen molar-refractivity contribution in [1.29, 1.82) is 0 Å². The third kappa shape index (κ3) is 3.77. The maximum Gasteiger partial charge on any atom is 0.253 e. The number of carbonyl (C=O) groups is 1. The molecule has 1 fully saturated rings. The molecule has 4 heteroatoms. The lowest BCUT2D eigenvalue weighted by Crippen LogP contribution is -2.34. The molecular weight excluding hydrogens is 240 g/mol. The van der Waals surface area contributed by atoms with Gasteiger partial charge in [-0.15, -0.1) is 0 Å². The van der Waals surface area contributed by atoms with Gasteiger partial charge in [0, 0.05) is 13.2 Å². The fraction of sp³-hybridized carbons (Fsp3) is 0.600. The Hall–Kier alpha value is -1.42. The fourth-order valence-corrected chi connectivity index (χ4v) is 2.48. The summed E-state index contributed by atoms with van der Waals surface area (Å²) in [6.07, 6.45) is 6.68. The van der Waals surface area contributed by atoms with Crippen molar-refractivity contribution in [2.75, 3.05) is 18.6 Å². The molecule has 104 valence electrons. The highest BCUT2D eigenvalue weighted by molar-refractivity contribution is 5.92. The molecule has 0 saturated heterocycles. The second-order valence-corrected chi connectivity index (χ2v) is 5.25. The Morgan fingerprint density at radius 1 is 1.42 bits per heavy atom. The first kappa shape index (κ1) is 14.0. The molecule has 1 aromatic rings. The summed E-state index contributed by atoms with van der Waals surface area (Å²) in [5, 5.41) is 0. The van der Waals surface area contributed by atoms with Gasteiger partial charge < -0.3 is 4.74 Å². The summed E-state index contributed by atoms with van der Waals surface area (Å²) < 4.78 is 5.78. The van der Waals surface area contributed by atoms with Crippen LogP contribution in [0.25, 0.3) is 0 Å². The summed E-state index contributed by atoms with van der Waals surface area (Å²) in [7, 11) is 1.73. The number of carbonyl (C=O) groups excluding carboxylic acids is 1. The van der Waals surface area contributed by atoms with Gasteiger partial charge in [-0.05, 0) is 30.9 Å². The fourth-order valence-electron chi connectivity index (χ4n) is 2.48. The van der Waals surface area contributed by atoms with Crippen LogP contribution in [-0.4, -0.2) is 30.6 Å². The van der Waals surface area contributed by atoms with Crippen molar-refractivity contribution >= 4 is 11.7 Å². The monoisotopic (exact) mass is 262 g/mol. The van der Waals surface area contributed by atoms with E-state index in [1.54, 1.807) is 18.1 Å². The Balaban J connectivity index is 1.84. The van der Waals surface area contributed by atoms with Gasteiger partial charge in [0.05, 0.1) is 6.10 Å². The molecule has 2 unspecified atom stereocenters. The summed E-state index contributed by atoms with van der Waals surface area (Å²) in [5.41, 5.74) is 0. The summed E-state index contributed by atoms with van der Waals surface area (Å²) in [6.45, 7) is 2.35. The molecule has 1 aromatic heterocycles. The maximum absolute atomic E-state index is 12.1. The van der Waals surface area contributed by atoms with Crippen molar-refractivity contribution in [3.05, 3.63) is 24.4 Å². The molecule has 4 nitrogen and oxygen atoms in total. The number of likely N-dealkylation sites (N-methyl/N-ethyl adjacent to an activating group) is 1. The predicted octanol–water partition coefficient (Wildman–Crippen LogP) is 2.64. The van der Waals surface area contributed by atoms with E-state index in [-0.39, 0.29) is 18.6 Å². The van der Waals surface area contributed by atoms with Gasteiger partial charge in [-0.25, -0.2) is 4.98 Å². The van der Waals surface area contributed by atoms with E-state index >= 15 is 0 Å². The van der Waals surface area contributed by atoms with Crippen LogP contribution < -0.4 is 4.90 Å². The van der Waals surface area contributed by atoms with E-state index in [1.807, 2.05) is 18.2 Å². The molecule has 0 spiro atoms. The number of ether oxygens (including phenoxy) is 1. The standard InChI is InChI=1S/C15H22N2O2/c1-12-7-3-4-8-13(12)19-11-15(18)17(2)14-9-5-6-10-16-14/h5-6,9-10,12-13H,3-4,7-8,11H2,1-2H3. The molecule has 2 rings (SSSR count). The number of rotatable bonds is 4. The number of anilines is 1. The Kier molecular flexibility index (Phi) is 4.91. The smallest absolute Gasteiger partial charge is 0.253 e. The summed E-state index contributed by atoms with van der Waals surface area (Å²) >= 11 is 0. The van der Waals surface area contributed by atoms with Gasteiger partial charge in [0.1, 0.15) is 12.4 Å². The Bertz CT molecular complexity index is 408. The van der Waals surface area contributed by atoms with Crippen LogP contribution >= 0.6 is 0 Å². The van der Waals surface area contributed by atoms with Gasteiger partial charge >= 0.3 is 0 Å². The summed E-state index contributed by atoms with van der Waals surface area (Å²) in [6, 6.07) is 5.53. The first-order valence-corrected chi connectivity index (χ1v) is 6.97. The van der Waals surface area contributed by atoms with Crippen molar-refractivity contribution in [3.63, 3.8) is 0 Å². The van der Waals surface area contributed by atoms with Crippen LogP contribution in [0.4, 0.5) is 5.82 Å². The van der Waals surface area contributed by atoms with E-state index in [0.29, 0.717) is 11.7 Å². The zero-order valence-electron chi connectivity index (χ0n) is 11.7. The van der Waals surface area contributed by atoms with Crippen LogP contribution in [0, 0.1) is 5.92 Å². The first-order valence-electron chi connectivity index (χ1n) is 6.97. The second-order valence-electron chi connectivity index (χ2n) is 5.25. The van der Waals surface area contributed by atoms with Crippen LogP contribution in [0.2, 0.25) is 0 Å². The number of pyridine rings is 1. The first-order chi connectivity index (χ1) is 9.18. The molecule has 19 heavy (non-hydrogen) atoms. The minimum Gasteiger partial charge on any atom is -0.368 e. The Morgan fingerprint density at radius 3 is 2.89 bits per heavy atom. The van der Waals surface area contributed by atoms with Crippen LogP contribution in [-0.2, 0) is 9.53 Å². The van der Waals surface area contributed by atoms with Crippen molar-refractivity contribution in [1.82, 2.24) is 4.98 Å². The molecule has 1 amide bonds. The van der Waals surface area contributed by atoms with Gasteiger partial charge in [-0.3, -0.25) is 9.69 Å². The van der Waals surface area contributed by atoms with Gasteiger partial charge in [0.25, 0.3) is 5.91 Å². The van der Waals surface area contributed by atoms with Crippen LogP contribution in [0.15, 0.2) is 24.4 Å². The Labute approximate surface area is 114 Å². The van der Waals surface area contributed by atoms with Crippen LogP contribution in [0.5, 0.6) is 0 Å². The minimum atomic E-state index is -0.0449. The number of nitrogens with zero attached hydrogens (tertiary/aromatic N) is 2. The zero-order chi connectivity index (χ0) is 13.7. The number of amides is 1. The third-order valence-corrected chi connectivity index (χ3v) is 3.82. The van der Waals surface area contributed by atoms with Crippen molar-refractivity contribution < 1.29 is 9.53 Å². The minimum absolute atomic E-state index is 0.0449. The summed E-state index contributed by atoms with van der Waals surface area (Å²) in [5.74, 6) is 1.17. The molecule has 0 aliphatic heterocycles. The van der Waals surface area contributed by atoms with Crippen LogP contribution in [0.3, 0.4) is 0 Å². The number of aromatic nitrogens is 1. The molecule has 1 aliphatic rings. The highest BCUT2D eigenvalue weighted by Crippen LogP contribution is 2.26. The van der Waals surface area contributed by atoms with E-state index in [0.717, 1.165) is 6.42 Å². The lowest BCUT2D eigenvalue weighted by Gasteiger charge is -2.29. The lowest BCUT2D eigenvalue weighted by molar-refractivity contribution is -0.126. The Morgan fingerprint density at radius 2 is 2.21 bits per heavy atom. The molecular formula is C15H22N2O2. The normalized spacial score (nSPS) is 23.1. The van der Waals surface area contributed by atoms with Gasteiger partial charge in [-0.2, -0.15) is 0 Å². The topological polar surface area (TPSA) is 42.4 Å². The van der Waals surface area contributed by atoms with Crippen LogP contribution in [0.1, 0.15) is 32.6 Å². The largest absolute Gasteiger partial charge is 0.368 e. The molecule has 1 aliphatic carbocycles. The maximum atomic E-state index is 12.1. The van der Waals surface area contributed by atoms with Gasteiger partial charge in [-0.1, -0.05) is 25.8 Å². The molecule has 2 atom stereocenters. The average molecular weight is 262 g/mol. The SMILES string of the molecule is CC1CCCCC1OCC(=O)N(C)c1ccccn1. The van der Waals surface area contributed by atoms with Gasteiger partial charge in [0.2, 0.25) is 0 Å². The van der Waals surface area contributed by atoms with Crippen molar-refractivity contribution in [3.8, 4) is 0 Å². The van der Waals surface area contributed by atoms with E-state index in [1.165, 1.54) is 19.3 Å². The summed E-state index contributed by atoms with van der Waals surface area (Å²) in [4.78, 5) is 17.8. The molecule has 1 heterocycles. The number of hydrogen-bond acceptors (Lipinski definition) is 3. The van der Waals surface area contributed by atoms with Gasteiger partial charge in [0.15, 0.2) is 0 Å². The highest BCUT2D eigenvalue weighted by Gasteiger charge is 2.23. The van der Waals surface area contributed by atoms with Crippen molar-refractivity contribution in [2.45, 2.75) is 38.7 Å². The lowest BCUT2D eigenvalue weighted by atomic mass is 9.88. The quantitative estimate of drug-likeness (QED) is 0.837. The molecule has 0 radical (unpaired) electrons. The average Bonchev–Trinajstić information content (AvgIpc) is 2.46. The van der Waals surface area contributed by atoms with E-state index in [9.17, 15) is 4.79 Å². The van der Waals surface area contributed by atoms with E-state index < -0.39 is 0 Å². The molecule has 0 aromatic carbocycles. The molecule has 0 N–H and O–H groups in total. The zero-order valence-corrected chi connectivity index (χ0v) is 11.7. The van der Waals surface area contributed by atoms with E-state index in [2.05, 4.69) is 11.9 Å². The van der Waals surface area contributed by atoms with E-state index in [4.69, 9.17) is 4.74 Å². The highest BCUT2D eigenvalue weighted by atomic mass is 16.5. The second kappa shape index (κ2) is 6.66. The van der Waals surface area contributed by atoms with Crippen molar-refractivity contribution in [2.24, 2.45) is 5.92 Å². The predicted molar refractivity (Wildman–Crippen MR) is 75.0 cm³/mol. The molecule has 0 bridgehead atoms. The number of hydrogen-bond donors (Lipinski definition) is 0.